The van der Waals surface area contributed by atoms with Crippen molar-refractivity contribution in [3.05, 3.63) is 77.4 Å². The topological polar surface area (TPSA) is 76.7 Å². The number of amides is 2. The van der Waals surface area contributed by atoms with Crippen LogP contribution in [-0.4, -0.2) is 26.0 Å². The van der Waals surface area contributed by atoms with Crippen molar-refractivity contribution in [1.29, 1.82) is 0 Å². The maximum Gasteiger partial charge on any atom is 0.269 e. The number of hydrazine groups is 1. The fourth-order valence-corrected chi connectivity index (χ4v) is 2.86. The van der Waals surface area contributed by atoms with Gasteiger partial charge in [-0.15, -0.1) is 0 Å². The van der Waals surface area contributed by atoms with Crippen molar-refractivity contribution < 1.29 is 19.1 Å². The summed E-state index contributed by atoms with van der Waals surface area (Å²) in [4.78, 5) is 24.6. The van der Waals surface area contributed by atoms with E-state index >= 15 is 0 Å². The first-order chi connectivity index (χ1) is 14.1. The van der Waals surface area contributed by atoms with E-state index < -0.39 is 12.2 Å². The Bertz CT molecular complexity index is 813. The quantitative estimate of drug-likeness (QED) is 0.381. The van der Waals surface area contributed by atoms with Gasteiger partial charge in [0.1, 0.15) is 0 Å². The van der Waals surface area contributed by atoms with Crippen molar-refractivity contribution >= 4 is 17.4 Å². The number of methoxy groups -OCH3 is 2. The Morgan fingerprint density at radius 3 is 2.17 bits per heavy atom. The zero-order valence-corrected chi connectivity index (χ0v) is 17.1. The Hall–Kier alpha value is -2.96. The third-order valence-electron chi connectivity index (χ3n) is 4.42. The molecule has 6 nitrogen and oxygen atoms in total. The van der Waals surface area contributed by atoms with Crippen molar-refractivity contribution in [2.45, 2.75) is 32.5 Å². The van der Waals surface area contributed by atoms with Crippen LogP contribution in [0.25, 0.3) is 5.57 Å². The fourth-order valence-electron chi connectivity index (χ4n) is 2.86. The van der Waals surface area contributed by atoms with E-state index in [1.54, 1.807) is 38.5 Å². The van der Waals surface area contributed by atoms with Crippen LogP contribution >= 0.6 is 0 Å². The average molecular weight is 396 g/mol. The van der Waals surface area contributed by atoms with Gasteiger partial charge in [0.2, 0.25) is 0 Å². The van der Waals surface area contributed by atoms with Gasteiger partial charge in [0.25, 0.3) is 11.8 Å². The highest BCUT2D eigenvalue weighted by molar-refractivity contribution is 5.99. The first-order valence-corrected chi connectivity index (χ1v) is 9.60. The molecule has 2 aromatic carbocycles. The van der Waals surface area contributed by atoms with Gasteiger partial charge in [-0.1, -0.05) is 55.8 Å². The van der Waals surface area contributed by atoms with Crippen LogP contribution in [0.15, 0.2) is 60.7 Å². The molecule has 0 heterocycles. The van der Waals surface area contributed by atoms with Crippen molar-refractivity contribution in [2.75, 3.05) is 14.2 Å². The molecule has 0 aromatic heterocycles. The van der Waals surface area contributed by atoms with Gasteiger partial charge in [-0.3, -0.25) is 20.4 Å². The molecule has 154 valence electrons. The number of nitrogens with one attached hydrogen (secondary N) is 2. The van der Waals surface area contributed by atoms with Gasteiger partial charge in [-0.2, -0.15) is 0 Å². The number of allylic oxidation sites excluding steroid dienone is 1. The summed E-state index contributed by atoms with van der Waals surface area (Å²) in [6, 6.07) is 16.5. The SMILES string of the molecule is CCCC/C(=C/C(=O)NNC(=O)c1ccc(C(OC)OC)cc1)c1ccccc1. The van der Waals surface area contributed by atoms with Crippen molar-refractivity contribution in [3.8, 4) is 0 Å². The van der Waals surface area contributed by atoms with Crippen molar-refractivity contribution in [2.24, 2.45) is 0 Å². The molecule has 6 heteroatoms. The summed E-state index contributed by atoms with van der Waals surface area (Å²) in [7, 11) is 3.09. The predicted molar refractivity (Wildman–Crippen MR) is 113 cm³/mol. The van der Waals surface area contributed by atoms with Gasteiger partial charge < -0.3 is 9.47 Å². The second-order valence-electron chi connectivity index (χ2n) is 6.51. The molecule has 0 spiro atoms. The molecule has 0 unspecified atom stereocenters. The van der Waals surface area contributed by atoms with Crippen LogP contribution in [0.4, 0.5) is 0 Å². The number of hydrogen-bond donors (Lipinski definition) is 2. The highest BCUT2D eigenvalue weighted by atomic mass is 16.7. The lowest BCUT2D eigenvalue weighted by molar-refractivity contribution is -0.117. The van der Waals surface area contributed by atoms with Crippen molar-refractivity contribution in [3.63, 3.8) is 0 Å². The maximum atomic E-state index is 12.3. The van der Waals surface area contributed by atoms with Crippen LogP contribution in [0, 0.1) is 0 Å². The molecule has 0 bridgehead atoms. The molecule has 0 fully saturated rings. The van der Waals surface area contributed by atoms with Gasteiger partial charge in [0.15, 0.2) is 6.29 Å². The first kappa shape index (κ1) is 22.3. The predicted octanol–water partition coefficient (Wildman–Crippen LogP) is 4.01. The monoisotopic (exact) mass is 396 g/mol. The highest BCUT2D eigenvalue weighted by Crippen LogP contribution is 2.20. The first-order valence-electron chi connectivity index (χ1n) is 9.60. The molecule has 0 saturated carbocycles. The van der Waals surface area contributed by atoms with Crippen LogP contribution in [0.5, 0.6) is 0 Å². The average Bonchev–Trinajstić information content (AvgIpc) is 2.77. The number of ether oxygens (including phenoxy) is 2. The summed E-state index contributed by atoms with van der Waals surface area (Å²) in [5, 5.41) is 0. The minimum atomic E-state index is -0.489. The van der Waals surface area contributed by atoms with Gasteiger partial charge in [-0.05, 0) is 36.1 Å². The Balaban J connectivity index is 1.99. The van der Waals surface area contributed by atoms with E-state index in [0.29, 0.717) is 5.56 Å². The number of unbranched alkanes of at least 4 members (excludes halogenated alkanes) is 1. The Labute approximate surface area is 171 Å². The normalized spacial score (nSPS) is 11.4. The third-order valence-corrected chi connectivity index (χ3v) is 4.42. The Morgan fingerprint density at radius 1 is 0.931 bits per heavy atom. The molecule has 2 rings (SSSR count). The molecular formula is C23H28N2O4. The smallest absolute Gasteiger partial charge is 0.269 e. The zero-order chi connectivity index (χ0) is 21.1. The molecule has 0 aliphatic heterocycles. The minimum absolute atomic E-state index is 0.372. The maximum absolute atomic E-state index is 12.3. The second kappa shape index (κ2) is 11.8. The molecule has 2 aromatic rings. The van der Waals surface area contributed by atoms with E-state index in [4.69, 9.17) is 9.47 Å². The van der Waals surface area contributed by atoms with Crippen LogP contribution in [0.1, 0.15) is 54.0 Å². The molecule has 0 aliphatic carbocycles. The van der Waals surface area contributed by atoms with E-state index in [2.05, 4.69) is 17.8 Å². The second-order valence-corrected chi connectivity index (χ2v) is 6.51. The van der Waals surface area contributed by atoms with Crippen LogP contribution < -0.4 is 10.9 Å². The molecule has 2 N–H and O–H groups in total. The summed E-state index contributed by atoms with van der Waals surface area (Å²) >= 11 is 0. The van der Waals surface area contributed by atoms with Crippen molar-refractivity contribution in [1.82, 2.24) is 10.9 Å². The molecule has 0 aliphatic rings. The van der Waals surface area contributed by atoms with Gasteiger partial charge in [0, 0.05) is 31.4 Å². The Morgan fingerprint density at radius 2 is 1.59 bits per heavy atom. The molecule has 0 atom stereocenters. The summed E-state index contributed by atoms with van der Waals surface area (Å²) in [6.07, 6.45) is 3.86. The summed E-state index contributed by atoms with van der Waals surface area (Å²) in [6.45, 7) is 2.11. The van der Waals surface area contributed by atoms with E-state index in [9.17, 15) is 9.59 Å². The molecule has 2 amide bonds. The zero-order valence-electron chi connectivity index (χ0n) is 17.1. The lowest BCUT2D eigenvalue weighted by Gasteiger charge is -2.14. The summed E-state index contributed by atoms with van der Waals surface area (Å²) in [5.74, 6) is -0.775. The summed E-state index contributed by atoms with van der Waals surface area (Å²) in [5.41, 5.74) is 8.05. The number of benzene rings is 2. The largest absolute Gasteiger partial charge is 0.352 e. The lowest BCUT2D eigenvalue weighted by Crippen LogP contribution is -2.40. The number of carbonyl (C=O) groups excluding carboxylic acids is 2. The van der Waals surface area contributed by atoms with Gasteiger partial charge in [0.05, 0.1) is 0 Å². The van der Waals surface area contributed by atoms with Crippen LogP contribution in [0.3, 0.4) is 0 Å². The standard InChI is InChI=1S/C23H28N2O4/c1-4-5-9-20(17-10-7-6-8-11-17)16-21(26)24-25-22(27)18-12-14-19(15-13-18)23(28-2)29-3/h6-8,10-16,23H,4-5,9H2,1-3H3,(H,24,26)(H,25,27)/b20-16-. The highest BCUT2D eigenvalue weighted by Gasteiger charge is 2.11. The Kier molecular flexibility index (Phi) is 9.08. The number of rotatable bonds is 9. The van der Waals surface area contributed by atoms with E-state index in [1.165, 1.54) is 6.08 Å². The molecule has 0 radical (unpaired) electrons. The van der Waals surface area contributed by atoms with Crippen LogP contribution in [0.2, 0.25) is 0 Å². The van der Waals surface area contributed by atoms with E-state index in [-0.39, 0.29) is 5.91 Å². The number of carbonyl (C=O) groups is 2. The van der Waals surface area contributed by atoms with Gasteiger partial charge >= 0.3 is 0 Å². The summed E-state index contributed by atoms with van der Waals surface area (Å²) < 4.78 is 10.4. The molecular weight excluding hydrogens is 368 g/mol. The fraction of sp³-hybridized carbons (Fsp3) is 0.304. The van der Waals surface area contributed by atoms with E-state index in [1.807, 2.05) is 30.3 Å². The minimum Gasteiger partial charge on any atom is -0.352 e. The number of hydrogen-bond acceptors (Lipinski definition) is 4. The third kappa shape index (κ3) is 6.85. The van der Waals surface area contributed by atoms with Gasteiger partial charge in [-0.25, -0.2) is 0 Å². The lowest BCUT2D eigenvalue weighted by atomic mass is 10.00. The molecule has 29 heavy (non-hydrogen) atoms. The van der Waals surface area contributed by atoms with E-state index in [0.717, 1.165) is 36.0 Å². The van der Waals surface area contributed by atoms with Crippen LogP contribution in [-0.2, 0) is 14.3 Å². The molecule has 0 saturated heterocycles.